The van der Waals surface area contributed by atoms with Crippen LogP contribution in [0.1, 0.15) is 42.1 Å². The van der Waals surface area contributed by atoms with Crippen LogP contribution < -0.4 is 4.74 Å². The van der Waals surface area contributed by atoms with Gasteiger partial charge in [0.2, 0.25) is 0 Å². The third kappa shape index (κ3) is 4.46. The lowest BCUT2D eigenvalue weighted by molar-refractivity contribution is 0.0954. The summed E-state index contributed by atoms with van der Waals surface area (Å²) in [5, 5.41) is 9.33. The molecule has 0 amide bonds. The molecule has 0 unspecified atom stereocenters. The molecule has 0 saturated heterocycles. The van der Waals surface area contributed by atoms with Gasteiger partial charge in [-0.3, -0.25) is 9.79 Å². The first-order valence-corrected chi connectivity index (χ1v) is 8.15. The molecular formula is C19H22N2O4. The number of hydrogen-bond donors (Lipinski definition) is 0. The Balaban J connectivity index is 2.39. The lowest BCUT2D eigenvalue weighted by Gasteiger charge is -2.25. The second-order valence-electron chi connectivity index (χ2n) is 5.59. The van der Waals surface area contributed by atoms with E-state index in [1.54, 1.807) is 26.4 Å². The molecule has 1 heterocycles. The molecule has 0 N–H and O–H groups in total. The average Bonchev–Trinajstić information content (AvgIpc) is 2.67. The van der Waals surface area contributed by atoms with Gasteiger partial charge in [-0.15, -0.1) is 0 Å². The van der Waals surface area contributed by atoms with E-state index in [1.165, 1.54) is 6.07 Å². The Hall–Kier alpha value is -2.65. The quantitative estimate of drug-likeness (QED) is 0.677. The molecule has 0 saturated carbocycles. The van der Waals surface area contributed by atoms with E-state index in [-0.39, 0.29) is 6.61 Å². The zero-order valence-corrected chi connectivity index (χ0v) is 14.7. The van der Waals surface area contributed by atoms with Crippen molar-refractivity contribution in [2.45, 2.75) is 32.3 Å². The average molecular weight is 342 g/mol. The van der Waals surface area contributed by atoms with Crippen LogP contribution in [0.25, 0.3) is 0 Å². The molecule has 2 rings (SSSR count). The minimum absolute atomic E-state index is 0.267. The predicted octanol–water partition coefficient (Wildman–Crippen LogP) is 3.27. The molecule has 0 aromatic heterocycles. The third-order valence-corrected chi connectivity index (χ3v) is 4.01. The largest absolute Gasteiger partial charge is 0.499 e. The number of rotatable bonds is 8. The van der Waals surface area contributed by atoms with Gasteiger partial charge in [-0.05, 0) is 31.0 Å². The summed E-state index contributed by atoms with van der Waals surface area (Å²) in [6.45, 7) is 2.33. The van der Waals surface area contributed by atoms with E-state index in [0.29, 0.717) is 28.9 Å². The second-order valence-corrected chi connectivity index (χ2v) is 5.59. The van der Waals surface area contributed by atoms with Crippen molar-refractivity contribution in [2.75, 3.05) is 20.8 Å². The summed E-state index contributed by atoms with van der Waals surface area (Å²) in [5.41, 5.74) is 2.49. The van der Waals surface area contributed by atoms with E-state index in [9.17, 15) is 10.1 Å². The van der Waals surface area contributed by atoms with Crippen molar-refractivity contribution < 1.29 is 19.0 Å². The molecule has 0 radical (unpaired) electrons. The molecular weight excluding hydrogens is 320 g/mol. The van der Waals surface area contributed by atoms with Gasteiger partial charge in [-0.1, -0.05) is 6.92 Å². The molecule has 1 aliphatic heterocycles. The van der Waals surface area contributed by atoms with Gasteiger partial charge in [-0.2, -0.15) is 5.26 Å². The Kier molecular flexibility index (Phi) is 6.72. The maximum absolute atomic E-state index is 10.9. The summed E-state index contributed by atoms with van der Waals surface area (Å²) >= 11 is 0. The zero-order chi connectivity index (χ0) is 18.2. The molecule has 6 heteroatoms. The molecule has 25 heavy (non-hydrogen) atoms. The summed E-state index contributed by atoms with van der Waals surface area (Å²) < 4.78 is 16.8. The molecule has 1 aliphatic rings. The molecule has 1 atom stereocenters. The number of aldehydes is 1. The maximum atomic E-state index is 10.9. The van der Waals surface area contributed by atoms with Crippen molar-refractivity contribution in [2.24, 2.45) is 4.99 Å². The van der Waals surface area contributed by atoms with Crippen LogP contribution in [0.3, 0.4) is 0 Å². The van der Waals surface area contributed by atoms with Gasteiger partial charge in [0, 0.05) is 24.8 Å². The molecule has 6 nitrogen and oxygen atoms in total. The SMILES string of the molecule is CCC1=NC([C@H](COC)Oc2ccc(C=O)cc2C#N)=C(OC)CC1. The fourth-order valence-electron chi connectivity index (χ4n) is 2.67. The zero-order valence-electron chi connectivity index (χ0n) is 14.7. The fourth-order valence-corrected chi connectivity index (χ4v) is 2.67. The Bertz CT molecular complexity index is 731. The topological polar surface area (TPSA) is 80.9 Å². The van der Waals surface area contributed by atoms with Crippen LogP contribution in [0.5, 0.6) is 5.75 Å². The monoisotopic (exact) mass is 342 g/mol. The van der Waals surface area contributed by atoms with Gasteiger partial charge < -0.3 is 14.2 Å². The number of hydrogen-bond acceptors (Lipinski definition) is 6. The Morgan fingerprint density at radius 1 is 1.36 bits per heavy atom. The third-order valence-electron chi connectivity index (χ3n) is 4.01. The van der Waals surface area contributed by atoms with Gasteiger partial charge in [-0.25, -0.2) is 0 Å². The van der Waals surface area contributed by atoms with Crippen molar-refractivity contribution in [1.29, 1.82) is 5.26 Å². The van der Waals surface area contributed by atoms with Crippen LogP contribution in [0.2, 0.25) is 0 Å². The number of benzene rings is 1. The first-order valence-electron chi connectivity index (χ1n) is 8.15. The number of carbonyl (C=O) groups is 1. The van der Waals surface area contributed by atoms with Crippen molar-refractivity contribution >= 4 is 12.0 Å². The van der Waals surface area contributed by atoms with Crippen molar-refractivity contribution in [3.63, 3.8) is 0 Å². The minimum atomic E-state index is -0.504. The molecule has 0 bridgehead atoms. The number of allylic oxidation sites excluding steroid dienone is 1. The molecule has 132 valence electrons. The smallest absolute Gasteiger partial charge is 0.167 e. The summed E-state index contributed by atoms with van der Waals surface area (Å²) in [5.74, 6) is 1.15. The van der Waals surface area contributed by atoms with Crippen LogP contribution >= 0.6 is 0 Å². The number of nitriles is 1. The summed E-state index contributed by atoms with van der Waals surface area (Å²) in [6.07, 6.45) is 2.67. The van der Waals surface area contributed by atoms with Gasteiger partial charge >= 0.3 is 0 Å². The van der Waals surface area contributed by atoms with Gasteiger partial charge in [0.1, 0.15) is 29.6 Å². The molecule has 0 spiro atoms. The maximum Gasteiger partial charge on any atom is 0.167 e. The lowest BCUT2D eigenvalue weighted by atomic mass is 10.0. The van der Waals surface area contributed by atoms with Crippen LogP contribution in [0.4, 0.5) is 0 Å². The summed E-state index contributed by atoms with van der Waals surface area (Å²) in [7, 11) is 3.20. The Morgan fingerprint density at radius 2 is 2.16 bits per heavy atom. The number of nitrogens with zero attached hydrogens (tertiary/aromatic N) is 2. The first kappa shape index (κ1) is 18.7. The molecule has 1 aromatic carbocycles. The van der Waals surface area contributed by atoms with Crippen LogP contribution in [0.15, 0.2) is 34.6 Å². The summed E-state index contributed by atoms with van der Waals surface area (Å²) in [6, 6.07) is 6.79. The Morgan fingerprint density at radius 3 is 2.76 bits per heavy atom. The van der Waals surface area contributed by atoms with E-state index in [1.807, 2.05) is 0 Å². The van der Waals surface area contributed by atoms with E-state index in [0.717, 1.165) is 30.7 Å². The van der Waals surface area contributed by atoms with E-state index < -0.39 is 6.10 Å². The number of methoxy groups -OCH3 is 2. The van der Waals surface area contributed by atoms with E-state index in [2.05, 4.69) is 18.0 Å². The summed E-state index contributed by atoms with van der Waals surface area (Å²) in [4.78, 5) is 15.6. The second kappa shape index (κ2) is 9.00. The predicted molar refractivity (Wildman–Crippen MR) is 93.8 cm³/mol. The van der Waals surface area contributed by atoms with E-state index >= 15 is 0 Å². The normalized spacial score (nSPS) is 15.2. The van der Waals surface area contributed by atoms with Crippen LogP contribution in [-0.4, -0.2) is 38.9 Å². The highest BCUT2D eigenvalue weighted by atomic mass is 16.5. The van der Waals surface area contributed by atoms with Crippen LogP contribution in [0, 0.1) is 11.3 Å². The van der Waals surface area contributed by atoms with Gasteiger partial charge in [0.15, 0.2) is 6.10 Å². The fraction of sp³-hybridized carbons (Fsp3) is 0.421. The van der Waals surface area contributed by atoms with Gasteiger partial charge in [0.25, 0.3) is 0 Å². The number of aliphatic imine (C=N–C) groups is 1. The molecule has 0 fully saturated rings. The standard InChI is InChI=1S/C19H22N2O4/c1-4-15-6-8-17(24-3)19(21-15)18(12-23-2)25-16-7-5-13(11-22)9-14(16)10-20/h5,7,9,11,18H,4,6,8,12H2,1-3H3/t18-/m0/s1. The van der Waals surface area contributed by atoms with Crippen LogP contribution in [-0.2, 0) is 9.47 Å². The number of ether oxygens (including phenoxy) is 3. The van der Waals surface area contributed by atoms with E-state index in [4.69, 9.17) is 14.2 Å². The van der Waals surface area contributed by atoms with Gasteiger partial charge in [0.05, 0.1) is 19.3 Å². The van der Waals surface area contributed by atoms with Crippen molar-refractivity contribution in [3.8, 4) is 11.8 Å². The number of carbonyl (C=O) groups excluding carboxylic acids is 1. The van der Waals surface area contributed by atoms with Crippen molar-refractivity contribution in [1.82, 2.24) is 0 Å². The Labute approximate surface area is 147 Å². The molecule has 1 aromatic rings. The highest BCUT2D eigenvalue weighted by Gasteiger charge is 2.25. The lowest BCUT2D eigenvalue weighted by Crippen LogP contribution is -2.28. The highest BCUT2D eigenvalue weighted by Crippen LogP contribution is 2.28. The molecule has 0 aliphatic carbocycles. The van der Waals surface area contributed by atoms with Crippen molar-refractivity contribution in [3.05, 3.63) is 40.8 Å². The minimum Gasteiger partial charge on any atom is -0.499 e. The first-order chi connectivity index (χ1) is 12.2. The highest BCUT2D eigenvalue weighted by molar-refractivity contribution is 5.86.